The zero-order chi connectivity index (χ0) is 42.8. The molecule has 0 amide bonds. The fraction of sp³-hybridized carbons (Fsp3) is 0. The van der Waals surface area contributed by atoms with Crippen molar-refractivity contribution in [3.63, 3.8) is 0 Å². The van der Waals surface area contributed by atoms with E-state index in [1.807, 2.05) is 0 Å². The maximum absolute atomic E-state index is 7.00. The summed E-state index contributed by atoms with van der Waals surface area (Å²) in [5.41, 5.74) is 15.3. The maximum atomic E-state index is 7.00. The molecule has 0 bridgehead atoms. The number of fused-ring (bicyclic) bond motifs is 9. The number of para-hydroxylation sites is 3. The molecule has 3 heteroatoms. The zero-order valence-electron chi connectivity index (χ0n) is 35.4. The van der Waals surface area contributed by atoms with E-state index in [9.17, 15) is 0 Å². The molecule has 65 heavy (non-hydrogen) atoms. The van der Waals surface area contributed by atoms with E-state index in [4.69, 9.17) is 4.42 Å². The van der Waals surface area contributed by atoms with Gasteiger partial charge < -0.3 is 13.9 Å². The summed E-state index contributed by atoms with van der Waals surface area (Å²) >= 11 is 0. The second-order valence-electron chi connectivity index (χ2n) is 16.8. The first-order chi connectivity index (χ1) is 32.2. The molecule has 0 aliphatic rings. The van der Waals surface area contributed by atoms with Crippen LogP contribution in [0.2, 0.25) is 0 Å². The number of hydrogen-bond acceptors (Lipinski definition) is 2. The molecule has 0 fully saturated rings. The molecule has 0 saturated heterocycles. The number of rotatable bonds is 7. The molecule has 0 unspecified atom stereocenters. The summed E-state index contributed by atoms with van der Waals surface area (Å²) < 4.78 is 9.38. The lowest BCUT2D eigenvalue weighted by molar-refractivity contribution is 0.670. The van der Waals surface area contributed by atoms with Gasteiger partial charge in [-0.25, -0.2) is 0 Å². The Morgan fingerprint density at radius 3 is 1.49 bits per heavy atom. The van der Waals surface area contributed by atoms with Crippen molar-refractivity contribution in [1.29, 1.82) is 0 Å². The van der Waals surface area contributed by atoms with Crippen LogP contribution in [0, 0.1) is 0 Å². The molecule has 13 rings (SSSR count). The second kappa shape index (κ2) is 15.0. The average molecular weight is 829 g/mol. The molecule has 0 radical (unpaired) electrons. The van der Waals surface area contributed by atoms with E-state index in [2.05, 4.69) is 252 Å². The first kappa shape index (κ1) is 36.9. The highest BCUT2D eigenvalue weighted by Crippen LogP contribution is 2.48. The number of hydrogen-bond donors (Lipinski definition) is 0. The lowest BCUT2D eigenvalue weighted by Gasteiger charge is -2.27. The largest absolute Gasteiger partial charge is 0.455 e. The minimum Gasteiger partial charge on any atom is -0.455 e. The van der Waals surface area contributed by atoms with E-state index < -0.39 is 0 Å². The molecule has 2 heterocycles. The van der Waals surface area contributed by atoms with Crippen molar-refractivity contribution in [3.8, 4) is 39.1 Å². The average Bonchev–Trinajstić information content (AvgIpc) is 3.94. The molecular formula is C62H40N2O. The maximum Gasteiger partial charge on any atom is 0.145 e. The summed E-state index contributed by atoms with van der Waals surface area (Å²) in [6, 6.07) is 87.5. The van der Waals surface area contributed by atoms with E-state index in [1.54, 1.807) is 0 Å². The van der Waals surface area contributed by atoms with Crippen molar-refractivity contribution in [3.05, 3.63) is 243 Å². The summed E-state index contributed by atoms with van der Waals surface area (Å²) in [6.07, 6.45) is 0. The summed E-state index contributed by atoms with van der Waals surface area (Å²) in [4.78, 5) is 2.39. The predicted octanol–water partition coefficient (Wildman–Crippen LogP) is 17.5. The van der Waals surface area contributed by atoms with Crippen LogP contribution in [0.4, 0.5) is 17.1 Å². The SMILES string of the molecule is c1ccc(-c2ccc(-c3ccc(N(c4ccc(-n5c6ccccc6c6ccccc65)cc4)c4ccc(-c5cc6ccccc6c6ccccc56)c5oc6ccccc6c45)cc3)cc2)cc1. The number of furan rings is 1. The highest BCUT2D eigenvalue weighted by atomic mass is 16.3. The first-order valence-corrected chi connectivity index (χ1v) is 22.2. The molecule has 0 aliphatic carbocycles. The lowest BCUT2D eigenvalue weighted by atomic mass is 9.92. The van der Waals surface area contributed by atoms with Crippen LogP contribution in [-0.2, 0) is 0 Å². The van der Waals surface area contributed by atoms with Gasteiger partial charge in [-0.1, -0.05) is 170 Å². The molecule has 304 valence electrons. The third kappa shape index (κ3) is 6.05. The molecule has 0 aliphatic heterocycles. The fourth-order valence-electron chi connectivity index (χ4n) is 10.2. The van der Waals surface area contributed by atoms with Gasteiger partial charge in [-0.15, -0.1) is 0 Å². The third-order valence-corrected chi connectivity index (χ3v) is 13.2. The summed E-state index contributed by atoms with van der Waals surface area (Å²) in [5, 5.41) is 9.52. The van der Waals surface area contributed by atoms with Crippen LogP contribution < -0.4 is 4.90 Å². The summed E-state index contributed by atoms with van der Waals surface area (Å²) in [5.74, 6) is 0. The van der Waals surface area contributed by atoms with Crippen molar-refractivity contribution >= 4 is 82.4 Å². The van der Waals surface area contributed by atoms with Crippen molar-refractivity contribution in [2.75, 3.05) is 4.90 Å². The quantitative estimate of drug-likeness (QED) is 0.149. The monoisotopic (exact) mass is 828 g/mol. The van der Waals surface area contributed by atoms with Crippen LogP contribution in [0.15, 0.2) is 247 Å². The van der Waals surface area contributed by atoms with Crippen LogP contribution in [0.25, 0.3) is 104 Å². The molecule has 0 saturated carbocycles. The van der Waals surface area contributed by atoms with Crippen molar-refractivity contribution < 1.29 is 4.42 Å². The van der Waals surface area contributed by atoms with Gasteiger partial charge in [0, 0.05) is 38.8 Å². The molecule has 3 nitrogen and oxygen atoms in total. The van der Waals surface area contributed by atoms with Crippen molar-refractivity contribution in [1.82, 2.24) is 4.57 Å². The second-order valence-corrected chi connectivity index (χ2v) is 16.8. The van der Waals surface area contributed by atoms with Gasteiger partial charge in [-0.05, 0) is 122 Å². The Bertz CT molecular complexity index is 3860. The van der Waals surface area contributed by atoms with Gasteiger partial charge in [-0.3, -0.25) is 0 Å². The topological polar surface area (TPSA) is 21.3 Å². The van der Waals surface area contributed by atoms with E-state index >= 15 is 0 Å². The smallest absolute Gasteiger partial charge is 0.145 e. The molecule has 0 spiro atoms. The Balaban J connectivity index is 1.00. The van der Waals surface area contributed by atoms with Crippen LogP contribution in [0.3, 0.4) is 0 Å². The van der Waals surface area contributed by atoms with Crippen molar-refractivity contribution in [2.24, 2.45) is 0 Å². The Morgan fingerprint density at radius 1 is 0.338 bits per heavy atom. The number of aromatic nitrogens is 1. The van der Waals surface area contributed by atoms with Gasteiger partial charge >= 0.3 is 0 Å². The van der Waals surface area contributed by atoms with Crippen molar-refractivity contribution in [2.45, 2.75) is 0 Å². The van der Waals surface area contributed by atoms with E-state index in [0.29, 0.717) is 0 Å². The number of nitrogens with zero attached hydrogens (tertiary/aromatic N) is 2. The first-order valence-electron chi connectivity index (χ1n) is 22.2. The van der Waals surface area contributed by atoms with Crippen LogP contribution >= 0.6 is 0 Å². The Kier molecular flexibility index (Phi) is 8.53. The fourth-order valence-corrected chi connectivity index (χ4v) is 10.2. The summed E-state index contributed by atoms with van der Waals surface area (Å²) in [6.45, 7) is 0. The van der Waals surface area contributed by atoms with Gasteiger partial charge in [0.15, 0.2) is 0 Å². The number of anilines is 3. The van der Waals surface area contributed by atoms with Crippen LogP contribution in [0.5, 0.6) is 0 Å². The van der Waals surface area contributed by atoms with Crippen LogP contribution in [0.1, 0.15) is 0 Å². The van der Waals surface area contributed by atoms with Gasteiger partial charge in [0.2, 0.25) is 0 Å². The minimum atomic E-state index is 0.859. The normalized spacial score (nSPS) is 11.7. The van der Waals surface area contributed by atoms with Gasteiger partial charge in [0.05, 0.1) is 22.1 Å². The third-order valence-electron chi connectivity index (χ3n) is 13.2. The van der Waals surface area contributed by atoms with E-state index in [0.717, 1.165) is 61.4 Å². The number of benzene rings is 11. The summed E-state index contributed by atoms with van der Waals surface area (Å²) in [7, 11) is 0. The van der Waals surface area contributed by atoms with Gasteiger partial charge in [-0.2, -0.15) is 0 Å². The molecule has 11 aromatic carbocycles. The van der Waals surface area contributed by atoms with E-state index in [-0.39, 0.29) is 0 Å². The Morgan fingerprint density at radius 2 is 0.831 bits per heavy atom. The predicted molar refractivity (Wildman–Crippen MR) is 274 cm³/mol. The standard InChI is InChI=1S/C62H40N2O/c1-2-14-41(15-3-1)42-26-28-43(29-27-42)44-30-32-46(33-31-44)63(47-34-36-48(37-35-47)64-57-23-11-8-20-52(57)53-21-9-12-24-58(53)64)59-39-38-54(62-61(59)55-22-10-13-25-60(55)65-62)56-40-45-16-4-5-17-49(45)50-18-6-7-19-51(50)56/h1-40H. The molecular weight excluding hydrogens is 789 g/mol. The Labute approximate surface area is 376 Å². The highest BCUT2D eigenvalue weighted by molar-refractivity contribution is 6.21. The Hall–Kier alpha value is -8.66. The zero-order valence-corrected chi connectivity index (χ0v) is 35.4. The van der Waals surface area contributed by atoms with Gasteiger partial charge in [0.25, 0.3) is 0 Å². The molecule has 0 N–H and O–H groups in total. The lowest BCUT2D eigenvalue weighted by Crippen LogP contribution is -2.10. The van der Waals surface area contributed by atoms with E-state index in [1.165, 1.54) is 60.0 Å². The molecule has 0 atom stereocenters. The minimum absolute atomic E-state index is 0.859. The highest BCUT2D eigenvalue weighted by Gasteiger charge is 2.24. The molecule has 2 aromatic heterocycles. The van der Waals surface area contributed by atoms with Crippen LogP contribution in [-0.4, -0.2) is 4.57 Å². The van der Waals surface area contributed by atoms with Gasteiger partial charge in [0.1, 0.15) is 11.2 Å². The molecule has 13 aromatic rings.